The molecule has 3 N–H and O–H groups in total. The lowest BCUT2D eigenvalue weighted by molar-refractivity contribution is 0.102. The fourth-order valence-electron chi connectivity index (χ4n) is 3.59. The third-order valence-electron chi connectivity index (χ3n) is 5.42. The predicted octanol–water partition coefficient (Wildman–Crippen LogP) is 4.21. The van der Waals surface area contributed by atoms with Crippen LogP contribution in [0.1, 0.15) is 56.8 Å². The van der Waals surface area contributed by atoms with Gasteiger partial charge >= 0.3 is 0 Å². The van der Waals surface area contributed by atoms with Crippen LogP contribution < -0.4 is 11.1 Å². The monoisotopic (exact) mass is 396 g/mol. The second kappa shape index (κ2) is 8.38. The Kier molecular flexibility index (Phi) is 5.49. The number of hydrogen-bond donors (Lipinski definition) is 2. The Balaban J connectivity index is 1.55. The molecule has 0 unspecified atom stereocenters. The largest absolute Gasteiger partial charge is 0.382 e. The minimum atomic E-state index is -0.142. The Hall–Kier alpha value is -3.65. The highest BCUT2D eigenvalue weighted by molar-refractivity contribution is 6.04. The molecule has 0 saturated carbocycles. The Morgan fingerprint density at radius 3 is 2.63 bits per heavy atom. The van der Waals surface area contributed by atoms with Crippen molar-refractivity contribution in [1.82, 2.24) is 9.97 Å². The summed E-state index contributed by atoms with van der Waals surface area (Å²) in [4.78, 5) is 21.2. The highest BCUT2D eigenvalue weighted by Gasteiger charge is 2.12. The Bertz CT molecular complexity index is 1190. The SMILES string of the molecule is Cc1ccc(C(=O)Nc2ccc3c(c2)CCCC3)cc1C#Cc1cnc(N)c(C)n1. The van der Waals surface area contributed by atoms with Gasteiger partial charge in [-0.1, -0.05) is 18.1 Å². The minimum Gasteiger partial charge on any atom is -0.382 e. The smallest absolute Gasteiger partial charge is 0.255 e. The van der Waals surface area contributed by atoms with Crippen LogP contribution in [0.2, 0.25) is 0 Å². The number of aromatic nitrogens is 2. The number of aryl methyl sites for hydroxylation is 4. The van der Waals surface area contributed by atoms with Gasteiger partial charge in [-0.25, -0.2) is 9.97 Å². The van der Waals surface area contributed by atoms with E-state index in [0.717, 1.165) is 29.7 Å². The summed E-state index contributed by atoms with van der Waals surface area (Å²) in [6.07, 6.45) is 6.21. The van der Waals surface area contributed by atoms with Crippen molar-refractivity contribution in [2.45, 2.75) is 39.5 Å². The normalized spacial score (nSPS) is 12.5. The number of nitrogens with zero attached hydrogens (tertiary/aromatic N) is 2. The zero-order valence-corrected chi connectivity index (χ0v) is 17.2. The molecule has 3 aromatic rings. The number of amides is 1. The van der Waals surface area contributed by atoms with Crippen molar-refractivity contribution in [2.24, 2.45) is 0 Å². The van der Waals surface area contributed by atoms with Crippen LogP contribution in [0.4, 0.5) is 11.5 Å². The quantitative estimate of drug-likeness (QED) is 0.636. The molecule has 30 heavy (non-hydrogen) atoms. The van der Waals surface area contributed by atoms with Gasteiger partial charge in [0, 0.05) is 16.8 Å². The van der Waals surface area contributed by atoms with Crippen LogP contribution in [-0.2, 0) is 12.8 Å². The summed E-state index contributed by atoms with van der Waals surface area (Å²) in [6.45, 7) is 3.76. The number of hydrogen-bond acceptors (Lipinski definition) is 4. The van der Waals surface area contributed by atoms with Crippen molar-refractivity contribution >= 4 is 17.4 Å². The second-order valence-corrected chi connectivity index (χ2v) is 7.65. The molecule has 1 aromatic heterocycles. The number of nitrogen functional groups attached to an aromatic ring is 1. The number of carbonyl (C=O) groups is 1. The average Bonchev–Trinajstić information content (AvgIpc) is 2.75. The first kappa shape index (κ1) is 19.7. The van der Waals surface area contributed by atoms with Crippen LogP contribution in [0, 0.1) is 25.7 Å². The summed E-state index contributed by atoms with van der Waals surface area (Å²) in [5.41, 5.74) is 12.8. The predicted molar refractivity (Wildman–Crippen MR) is 119 cm³/mol. The highest BCUT2D eigenvalue weighted by Crippen LogP contribution is 2.24. The molecule has 0 spiro atoms. The van der Waals surface area contributed by atoms with E-state index in [0.29, 0.717) is 22.8 Å². The van der Waals surface area contributed by atoms with E-state index < -0.39 is 0 Å². The van der Waals surface area contributed by atoms with Crippen molar-refractivity contribution in [2.75, 3.05) is 11.1 Å². The molecule has 0 fully saturated rings. The van der Waals surface area contributed by atoms with E-state index in [1.165, 1.54) is 24.0 Å². The molecule has 4 rings (SSSR count). The highest BCUT2D eigenvalue weighted by atomic mass is 16.1. The maximum Gasteiger partial charge on any atom is 0.255 e. The van der Waals surface area contributed by atoms with Crippen LogP contribution in [0.15, 0.2) is 42.6 Å². The molecule has 0 saturated heterocycles. The van der Waals surface area contributed by atoms with E-state index in [1.54, 1.807) is 13.1 Å². The molecule has 1 amide bonds. The number of carbonyl (C=O) groups excluding carboxylic acids is 1. The summed E-state index contributed by atoms with van der Waals surface area (Å²) < 4.78 is 0. The fourth-order valence-corrected chi connectivity index (χ4v) is 3.59. The van der Waals surface area contributed by atoms with Crippen LogP contribution in [0.5, 0.6) is 0 Å². The molecule has 5 nitrogen and oxygen atoms in total. The molecule has 150 valence electrons. The Morgan fingerprint density at radius 1 is 1.03 bits per heavy atom. The number of anilines is 2. The number of fused-ring (bicyclic) bond motifs is 1. The third-order valence-corrected chi connectivity index (χ3v) is 5.42. The van der Waals surface area contributed by atoms with E-state index in [1.807, 2.05) is 31.2 Å². The van der Waals surface area contributed by atoms with Gasteiger partial charge in [-0.15, -0.1) is 0 Å². The van der Waals surface area contributed by atoms with Gasteiger partial charge in [0.25, 0.3) is 5.91 Å². The van der Waals surface area contributed by atoms with E-state index >= 15 is 0 Å². The first-order valence-electron chi connectivity index (χ1n) is 10.1. The summed E-state index contributed by atoms with van der Waals surface area (Å²) in [6, 6.07) is 11.8. The molecule has 1 aliphatic rings. The van der Waals surface area contributed by atoms with Crippen molar-refractivity contribution in [3.05, 3.63) is 81.8 Å². The zero-order chi connectivity index (χ0) is 21.1. The summed E-state index contributed by atoms with van der Waals surface area (Å²) in [7, 11) is 0. The van der Waals surface area contributed by atoms with E-state index in [2.05, 4.69) is 39.3 Å². The second-order valence-electron chi connectivity index (χ2n) is 7.65. The zero-order valence-electron chi connectivity index (χ0n) is 17.2. The molecular formula is C25H24N4O. The summed E-state index contributed by atoms with van der Waals surface area (Å²) >= 11 is 0. The standard InChI is InChI=1S/C25H24N4O/c1-16-7-8-21(13-19(16)10-12-23-15-27-24(26)17(2)28-23)25(30)29-22-11-9-18-5-3-4-6-20(18)14-22/h7-9,11,13-15H,3-6H2,1-2H3,(H2,26,27)(H,29,30). The van der Waals surface area contributed by atoms with Crippen molar-refractivity contribution < 1.29 is 4.79 Å². The molecule has 1 heterocycles. The van der Waals surface area contributed by atoms with Crippen molar-refractivity contribution in [3.8, 4) is 11.8 Å². The van der Waals surface area contributed by atoms with Crippen LogP contribution in [0.3, 0.4) is 0 Å². The van der Waals surface area contributed by atoms with Crippen molar-refractivity contribution in [1.29, 1.82) is 0 Å². The lowest BCUT2D eigenvalue weighted by Crippen LogP contribution is -2.13. The van der Waals surface area contributed by atoms with Gasteiger partial charge in [0.2, 0.25) is 0 Å². The molecule has 0 bridgehead atoms. The molecule has 0 radical (unpaired) electrons. The first-order valence-corrected chi connectivity index (χ1v) is 10.1. The fraction of sp³-hybridized carbons (Fsp3) is 0.240. The van der Waals surface area contributed by atoms with E-state index in [9.17, 15) is 4.79 Å². The van der Waals surface area contributed by atoms with Gasteiger partial charge in [0.05, 0.1) is 11.9 Å². The lowest BCUT2D eigenvalue weighted by atomic mass is 9.91. The van der Waals surface area contributed by atoms with Crippen LogP contribution in [-0.4, -0.2) is 15.9 Å². The van der Waals surface area contributed by atoms with Gasteiger partial charge < -0.3 is 11.1 Å². The minimum absolute atomic E-state index is 0.142. The Labute approximate surface area is 176 Å². The molecular weight excluding hydrogens is 372 g/mol. The number of benzene rings is 2. The molecule has 5 heteroatoms. The third kappa shape index (κ3) is 4.33. The molecule has 0 aliphatic heterocycles. The lowest BCUT2D eigenvalue weighted by Gasteiger charge is -2.17. The molecule has 2 aromatic carbocycles. The van der Waals surface area contributed by atoms with Crippen LogP contribution in [0.25, 0.3) is 0 Å². The topological polar surface area (TPSA) is 80.9 Å². The average molecular weight is 396 g/mol. The Morgan fingerprint density at radius 2 is 1.83 bits per heavy atom. The van der Waals surface area contributed by atoms with Gasteiger partial charge in [-0.3, -0.25) is 4.79 Å². The maximum absolute atomic E-state index is 12.8. The van der Waals surface area contributed by atoms with Gasteiger partial charge in [0.1, 0.15) is 11.5 Å². The number of nitrogens with two attached hydrogens (primary N) is 1. The van der Waals surface area contributed by atoms with Crippen molar-refractivity contribution in [3.63, 3.8) is 0 Å². The van der Waals surface area contributed by atoms with E-state index in [4.69, 9.17) is 5.73 Å². The van der Waals surface area contributed by atoms with Gasteiger partial charge in [-0.05, 0) is 86.4 Å². The molecule has 0 atom stereocenters. The van der Waals surface area contributed by atoms with E-state index in [-0.39, 0.29) is 5.91 Å². The summed E-state index contributed by atoms with van der Waals surface area (Å²) in [5.74, 6) is 6.37. The van der Waals surface area contributed by atoms with Gasteiger partial charge in [-0.2, -0.15) is 0 Å². The summed E-state index contributed by atoms with van der Waals surface area (Å²) in [5, 5.41) is 3.02. The van der Waals surface area contributed by atoms with Gasteiger partial charge in [0.15, 0.2) is 0 Å². The number of nitrogens with one attached hydrogen (secondary N) is 1. The first-order chi connectivity index (χ1) is 14.5. The number of rotatable bonds is 2. The molecule has 1 aliphatic carbocycles. The maximum atomic E-state index is 12.8. The van der Waals surface area contributed by atoms with Crippen LogP contribution >= 0.6 is 0 Å².